The minimum absolute atomic E-state index is 0.140. The second-order valence-electron chi connectivity index (χ2n) is 4.80. The molecular formula is C14H18O2S2. The molecule has 4 heteroatoms. The first-order valence-corrected chi connectivity index (χ1v) is 8.30. The molecule has 0 radical (unpaired) electrons. The molecule has 0 aliphatic heterocycles. The Labute approximate surface area is 116 Å². The Morgan fingerprint density at radius 1 is 1.33 bits per heavy atom. The van der Waals surface area contributed by atoms with Gasteiger partial charge in [-0.15, -0.1) is 0 Å². The van der Waals surface area contributed by atoms with Crippen LogP contribution in [-0.2, 0) is 9.53 Å². The molecule has 0 heterocycles. The average Bonchev–Trinajstić information content (AvgIpc) is 2.29. The summed E-state index contributed by atoms with van der Waals surface area (Å²) in [7, 11) is 3.64. The molecule has 0 spiro atoms. The molecule has 1 aromatic rings. The fraction of sp³-hybridized carbons (Fsp3) is 0.500. The SMILES string of the molecule is CC(=O)OCC1(SSc2ccc(C)cc2)CCC1. The average molecular weight is 282 g/mol. The van der Waals surface area contributed by atoms with Crippen molar-refractivity contribution in [3.8, 4) is 0 Å². The van der Waals surface area contributed by atoms with E-state index >= 15 is 0 Å². The van der Waals surface area contributed by atoms with E-state index < -0.39 is 0 Å². The monoisotopic (exact) mass is 282 g/mol. The number of rotatable bonds is 5. The quantitative estimate of drug-likeness (QED) is 0.596. The minimum atomic E-state index is -0.179. The van der Waals surface area contributed by atoms with Crippen molar-refractivity contribution in [2.45, 2.75) is 42.8 Å². The number of esters is 1. The van der Waals surface area contributed by atoms with Crippen LogP contribution in [0.5, 0.6) is 0 Å². The van der Waals surface area contributed by atoms with Gasteiger partial charge in [0.05, 0.1) is 4.75 Å². The molecule has 1 aromatic carbocycles. The van der Waals surface area contributed by atoms with E-state index in [9.17, 15) is 4.79 Å². The van der Waals surface area contributed by atoms with Gasteiger partial charge in [0, 0.05) is 11.8 Å². The van der Waals surface area contributed by atoms with Gasteiger partial charge in [0.15, 0.2) is 0 Å². The highest BCUT2D eigenvalue weighted by Gasteiger charge is 2.39. The zero-order chi connectivity index (χ0) is 13.0. The van der Waals surface area contributed by atoms with Crippen molar-refractivity contribution in [2.75, 3.05) is 6.61 Å². The molecule has 0 atom stereocenters. The Morgan fingerprint density at radius 3 is 2.50 bits per heavy atom. The standard InChI is InChI=1S/C14H18O2S2/c1-11-4-6-13(7-5-11)17-18-14(8-3-9-14)10-16-12(2)15/h4-7H,3,8-10H2,1-2H3. The summed E-state index contributed by atoms with van der Waals surface area (Å²) in [5, 5.41) is 0. The Bertz CT molecular complexity index is 410. The second-order valence-corrected chi connectivity index (χ2v) is 7.47. The van der Waals surface area contributed by atoms with Crippen LogP contribution in [0.4, 0.5) is 0 Å². The van der Waals surface area contributed by atoms with Crippen LogP contribution in [0.3, 0.4) is 0 Å². The number of carbonyl (C=O) groups is 1. The third kappa shape index (κ3) is 3.69. The van der Waals surface area contributed by atoms with Crippen molar-refractivity contribution in [2.24, 2.45) is 0 Å². The van der Waals surface area contributed by atoms with Gasteiger partial charge in [-0.25, -0.2) is 0 Å². The summed E-state index contributed by atoms with van der Waals surface area (Å²) >= 11 is 0. The number of aryl methyl sites for hydroxylation is 1. The Hall–Kier alpha value is -0.610. The topological polar surface area (TPSA) is 26.3 Å². The normalized spacial score (nSPS) is 17.0. The van der Waals surface area contributed by atoms with Crippen molar-refractivity contribution in [3.63, 3.8) is 0 Å². The summed E-state index contributed by atoms with van der Waals surface area (Å²) in [4.78, 5) is 12.2. The third-order valence-corrected chi connectivity index (χ3v) is 6.45. The fourth-order valence-corrected chi connectivity index (χ4v) is 4.67. The van der Waals surface area contributed by atoms with Crippen molar-refractivity contribution in [1.29, 1.82) is 0 Å². The lowest BCUT2D eigenvalue weighted by atomic mass is 9.85. The predicted molar refractivity (Wildman–Crippen MR) is 77.8 cm³/mol. The van der Waals surface area contributed by atoms with Crippen LogP contribution in [0.25, 0.3) is 0 Å². The number of ether oxygens (including phenoxy) is 1. The van der Waals surface area contributed by atoms with E-state index in [1.807, 2.05) is 10.8 Å². The van der Waals surface area contributed by atoms with Crippen LogP contribution in [0.15, 0.2) is 29.2 Å². The van der Waals surface area contributed by atoms with Crippen LogP contribution in [0.1, 0.15) is 31.7 Å². The molecule has 0 amide bonds. The van der Waals surface area contributed by atoms with Gasteiger partial charge in [-0.2, -0.15) is 0 Å². The lowest BCUT2D eigenvalue weighted by Crippen LogP contribution is -2.38. The van der Waals surface area contributed by atoms with Crippen LogP contribution in [0, 0.1) is 6.92 Å². The maximum atomic E-state index is 10.9. The maximum absolute atomic E-state index is 10.9. The van der Waals surface area contributed by atoms with Crippen LogP contribution in [-0.4, -0.2) is 17.3 Å². The van der Waals surface area contributed by atoms with Crippen LogP contribution >= 0.6 is 21.6 Å². The molecule has 2 rings (SSSR count). The van der Waals surface area contributed by atoms with Gasteiger partial charge < -0.3 is 4.74 Å². The molecule has 0 unspecified atom stereocenters. The molecule has 2 nitrogen and oxygen atoms in total. The first-order chi connectivity index (χ1) is 8.60. The summed E-state index contributed by atoms with van der Waals surface area (Å²) in [6.07, 6.45) is 3.52. The Morgan fingerprint density at radius 2 is 2.00 bits per heavy atom. The molecular weight excluding hydrogens is 264 g/mol. The lowest BCUT2D eigenvalue weighted by Gasteiger charge is -2.39. The first kappa shape index (κ1) is 13.8. The fourth-order valence-electron chi connectivity index (χ4n) is 1.79. The molecule has 0 aromatic heterocycles. The van der Waals surface area contributed by atoms with Gasteiger partial charge in [-0.3, -0.25) is 4.79 Å². The summed E-state index contributed by atoms with van der Waals surface area (Å²) in [6.45, 7) is 4.12. The molecule has 0 saturated heterocycles. The summed E-state index contributed by atoms with van der Waals surface area (Å²) in [5.41, 5.74) is 1.28. The summed E-state index contributed by atoms with van der Waals surface area (Å²) in [5.74, 6) is -0.179. The van der Waals surface area contributed by atoms with Gasteiger partial charge >= 0.3 is 5.97 Å². The van der Waals surface area contributed by atoms with Gasteiger partial charge in [-0.05, 0) is 31.9 Å². The minimum Gasteiger partial charge on any atom is -0.464 e. The van der Waals surface area contributed by atoms with E-state index in [1.54, 1.807) is 10.8 Å². The molecule has 1 fully saturated rings. The molecule has 18 heavy (non-hydrogen) atoms. The highest BCUT2D eigenvalue weighted by Crippen LogP contribution is 2.51. The largest absolute Gasteiger partial charge is 0.464 e. The molecule has 0 bridgehead atoms. The zero-order valence-electron chi connectivity index (χ0n) is 10.8. The van der Waals surface area contributed by atoms with E-state index in [0.29, 0.717) is 6.61 Å². The molecule has 98 valence electrons. The predicted octanol–water partition coefficient (Wildman–Crippen LogP) is 4.22. The van der Waals surface area contributed by atoms with Crippen molar-refractivity contribution >= 4 is 27.6 Å². The van der Waals surface area contributed by atoms with Gasteiger partial charge in [-0.1, -0.05) is 45.7 Å². The highest BCUT2D eigenvalue weighted by molar-refractivity contribution is 8.77. The molecule has 1 aliphatic carbocycles. The number of carbonyl (C=O) groups excluding carboxylic acids is 1. The van der Waals surface area contributed by atoms with Crippen molar-refractivity contribution in [3.05, 3.63) is 29.8 Å². The zero-order valence-corrected chi connectivity index (χ0v) is 12.4. The van der Waals surface area contributed by atoms with Crippen LogP contribution in [0.2, 0.25) is 0 Å². The number of benzene rings is 1. The van der Waals surface area contributed by atoms with E-state index in [-0.39, 0.29) is 10.7 Å². The van der Waals surface area contributed by atoms with Crippen LogP contribution < -0.4 is 0 Å². The van der Waals surface area contributed by atoms with Crippen molar-refractivity contribution in [1.82, 2.24) is 0 Å². The smallest absolute Gasteiger partial charge is 0.302 e. The Balaban J connectivity index is 1.86. The van der Waals surface area contributed by atoms with E-state index in [4.69, 9.17) is 4.74 Å². The number of hydrogen-bond donors (Lipinski definition) is 0. The summed E-state index contributed by atoms with van der Waals surface area (Å²) in [6, 6.07) is 8.54. The second kappa shape index (κ2) is 6.02. The van der Waals surface area contributed by atoms with Crippen molar-refractivity contribution < 1.29 is 9.53 Å². The third-order valence-electron chi connectivity index (χ3n) is 3.14. The van der Waals surface area contributed by atoms with E-state index in [2.05, 4.69) is 31.2 Å². The van der Waals surface area contributed by atoms with Gasteiger partial charge in [0.2, 0.25) is 0 Å². The van der Waals surface area contributed by atoms with Gasteiger partial charge in [0.1, 0.15) is 6.61 Å². The van der Waals surface area contributed by atoms with E-state index in [0.717, 1.165) is 12.8 Å². The van der Waals surface area contributed by atoms with E-state index in [1.165, 1.54) is 23.8 Å². The summed E-state index contributed by atoms with van der Waals surface area (Å²) < 4.78 is 5.32. The molecule has 1 saturated carbocycles. The maximum Gasteiger partial charge on any atom is 0.302 e. The first-order valence-electron chi connectivity index (χ1n) is 6.15. The Kier molecular flexibility index (Phi) is 4.62. The lowest BCUT2D eigenvalue weighted by molar-refractivity contribution is -0.142. The number of hydrogen-bond acceptors (Lipinski definition) is 4. The molecule has 0 N–H and O–H groups in total. The van der Waals surface area contributed by atoms with Gasteiger partial charge in [0.25, 0.3) is 0 Å². The highest BCUT2D eigenvalue weighted by atomic mass is 33.1. The molecule has 1 aliphatic rings.